The predicted octanol–water partition coefficient (Wildman–Crippen LogP) is 4.14. The van der Waals surface area contributed by atoms with Crippen molar-refractivity contribution in [3.05, 3.63) is 46.5 Å². The van der Waals surface area contributed by atoms with E-state index >= 15 is 0 Å². The molecule has 10 heteroatoms. The molecule has 3 aromatic rings. The Hall–Kier alpha value is -2.98. The van der Waals surface area contributed by atoms with E-state index in [4.69, 9.17) is 9.15 Å². The number of furan rings is 1. The molecular formula is C21H24N2O7S. The van der Waals surface area contributed by atoms with Gasteiger partial charge >= 0.3 is 5.97 Å². The summed E-state index contributed by atoms with van der Waals surface area (Å²) in [6.07, 6.45) is 0. The number of benzene rings is 2. The summed E-state index contributed by atoms with van der Waals surface area (Å²) in [7, 11) is -4.07. The summed E-state index contributed by atoms with van der Waals surface area (Å²) in [5.74, 6) is -1.01. The Bertz CT molecular complexity index is 1270. The van der Waals surface area contributed by atoms with E-state index in [2.05, 4.69) is 4.72 Å². The number of sulfonamides is 1. The second-order valence-electron chi connectivity index (χ2n) is 8.57. The number of nitrogens with one attached hydrogen (secondary N) is 1. The van der Waals surface area contributed by atoms with Crippen molar-refractivity contribution >= 4 is 43.6 Å². The lowest BCUT2D eigenvalue weighted by atomic mass is 10.1. The smallest absolute Gasteiger partial charge is 0.324 e. The first-order valence-corrected chi connectivity index (χ1v) is 11.1. The zero-order valence-electron chi connectivity index (χ0n) is 17.8. The Balaban J connectivity index is 1.98. The van der Waals surface area contributed by atoms with Gasteiger partial charge in [0.15, 0.2) is 0 Å². The zero-order chi connectivity index (χ0) is 23.1. The van der Waals surface area contributed by atoms with Gasteiger partial charge in [-0.05, 0) is 44.9 Å². The largest absolute Gasteiger partial charge is 0.459 e. The molecule has 0 bridgehead atoms. The second-order valence-corrected chi connectivity index (χ2v) is 10.3. The predicted molar refractivity (Wildman–Crippen MR) is 115 cm³/mol. The normalized spacial score (nSPS) is 13.6. The lowest BCUT2D eigenvalue weighted by molar-refractivity contribution is -0.384. The van der Waals surface area contributed by atoms with E-state index < -0.39 is 32.6 Å². The van der Waals surface area contributed by atoms with Gasteiger partial charge in [-0.2, -0.15) is 4.72 Å². The molecule has 0 radical (unpaired) electrons. The number of carbonyl (C=O) groups excluding carboxylic acids is 1. The van der Waals surface area contributed by atoms with Gasteiger partial charge in [0.1, 0.15) is 22.8 Å². The third-order valence-corrected chi connectivity index (χ3v) is 6.00. The van der Waals surface area contributed by atoms with Crippen LogP contribution in [0, 0.1) is 16.0 Å². The average Bonchev–Trinajstić information content (AvgIpc) is 3.01. The third kappa shape index (κ3) is 4.86. The Morgan fingerprint density at radius 3 is 2.35 bits per heavy atom. The van der Waals surface area contributed by atoms with Gasteiger partial charge in [0.2, 0.25) is 10.0 Å². The van der Waals surface area contributed by atoms with E-state index in [1.54, 1.807) is 34.6 Å². The maximum Gasteiger partial charge on any atom is 0.324 e. The number of non-ortho nitro benzene ring substituents is 1. The van der Waals surface area contributed by atoms with Crippen LogP contribution in [0.25, 0.3) is 21.9 Å². The lowest BCUT2D eigenvalue weighted by Gasteiger charge is -2.26. The van der Waals surface area contributed by atoms with Gasteiger partial charge in [-0.25, -0.2) is 8.42 Å². The Kier molecular flexibility index (Phi) is 5.81. The minimum atomic E-state index is -4.07. The molecule has 1 heterocycles. The van der Waals surface area contributed by atoms with Gasteiger partial charge in [0, 0.05) is 29.0 Å². The van der Waals surface area contributed by atoms with Gasteiger partial charge in [-0.3, -0.25) is 14.9 Å². The van der Waals surface area contributed by atoms with Crippen molar-refractivity contribution in [2.75, 3.05) is 0 Å². The maximum absolute atomic E-state index is 13.0. The monoisotopic (exact) mass is 448 g/mol. The minimum Gasteiger partial charge on any atom is -0.459 e. The number of hydrogen-bond donors (Lipinski definition) is 1. The van der Waals surface area contributed by atoms with Crippen molar-refractivity contribution in [1.29, 1.82) is 0 Å². The first-order chi connectivity index (χ1) is 14.3. The molecule has 0 spiro atoms. The zero-order valence-corrected chi connectivity index (χ0v) is 18.6. The summed E-state index contributed by atoms with van der Waals surface area (Å²) in [5.41, 5.74) is -0.190. The lowest BCUT2D eigenvalue weighted by Crippen LogP contribution is -2.47. The fraction of sp³-hybridized carbons (Fsp3) is 0.381. The summed E-state index contributed by atoms with van der Waals surface area (Å²) < 4.78 is 39.4. The number of hydrogen-bond acceptors (Lipinski definition) is 7. The molecular weight excluding hydrogens is 424 g/mol. The molecule has 166 valence electrons. The van der Waals surface area contributed by atoms with Crippen LogP contribution < -0.4 is 4.72 Å². The van der Waals surface area contributed by atoms with Gasteiger partial charge in [0.05, 0.1) is 9.82 Å². The Labute approximate surface area is 179 Å². The molecule has 0 fully saturated rings. The number of fused-ring (bicyclic) bond motifs is 3. The van der Waals surface area contributed by atoms with E-state index in [-0.39, 0.29) is 22.1 Å². The molecule has 0 aliphatic heterocycles. The number of nitro benzene ring substituents is 1. The molecule has 1 atom stereocenters. The van der Waals surface area contributed by atoms with Crippen LogP contribution in [0.2, 0.25) is 0 Å². The maximum atomic E-state index is 13.0. The number of carbonyl (C=O) groups is 1. The molecule has 2 aromatic carbocycles. The van der Waals surface area contributed by atoms with Gasteiger partial charge in [0.25, 0.3) is 5.69 Å². The van der Waals surface area contributed by atoms with E-state index in [9.17, 15) is 23.3 Å². The van der Waals surface area contributed by atoms with Crippen molar-refractivity contribution in [2.24, 2.45) is 5.92 Å². The Morgan fingerprint density at radius 1 is 1.10 bits per heavy atom. The fourth-order valence-electron chi connectivity index (χ4n) is 3.08. The highest BCUT2D eigenvalue weighted by Gasteiger charge is 2.32. The van der Waals surface area contributed by atoms with Crippen LogP contribution in [-0.2, 0) is 19.6 Å². The molecule has 0 amide bonds. The van der Waals surface area contributed by atoms with Crippen molar-refractivity contribution in [1.82, 2.24) is 4.72 Å². The summed E-state index contributed by atoms with van der Waals surface area (Å²) in [6, 6.07) is 7.32. The summed E-state index contributed by atoms with van der Waals surface area (Å²) in [6.45, 7) is 8.54. The first-order valence-electron chi connectivity index (χ1n) is 9.64. The number of nitrogens with zero attached hydrogens (tertiary/aromatic N) is 1. The van der Waals surface area contributed by atoms with E-state index in [0.29, 0.717) is 16.4 Å². The van der Waals surface area contributed by atoms with Gasteiger partial charge < -0.3 is 9.15 Å². The number of nitro groups is 1. The second kappa shape index (κ2) is 7.93. The van der Waals surface area contributed by atoms with Crippen LogP contribution >= 0.6 is 0 Å². The molecule has 3 rings (SSSR count). The van der Waals surface area contributed by atoms with Crippen LogP contribution in [0.4, 0.5) is 5.69 Å². The van der Waals surface area contributed by atoms with Crippen molar-refractivity contribution in [2.45, 2.75) is 51.2 Å². The van der Waals surface area contributed by atoms with Crippen molar-refractivity contribution in [3.8, 4) is 0 Å². The SMILES string of the molecule is CC(C)[C@H](NS(=O)(=O)c1ccc2c(c1)oc1ccc([N+](=O)[O-])cc12)C(=O)OC(C)(C)C. The minimum absolute atomic E-state index is 0.0919. The molecule has 1 N–H and O–H groups in total. The molecule has 0 saturated carbocycles. The average molecular weight is 448 g/mol. The van der Waals surface area contributed by atoms with Crippen molar-refractivity contribution in [3.63, 3.8) is 0 Å². The molecule has 1 aromatic heterocycles. The quantitative estimate of drug-likeness (QED) is 0.341. The fourth-order valence-corrected chi connectivity index (χ4v) is 4.43. The van der Waals surface area contributed by atoms with Crippen LogP contribution in [0.15, 0.2) is 45.7 Å². The van der Waals surface area contributed by atoms with Crippen LogP contribution in [-0.4, -0.2) is 31.0 Å². The first kappa shape index (κ1) is 22.7. The third-order valence-electron chi connectivity index (χ3n) is 4.56. The molecule has 0 aliphatic carbocycles. The summed E-state index contributed by atoms with van der Waals surface area (Å²) in [4.78, 5) is 22.9. The molecule has 31 heavy (non-hydrogen) atoms. The number of rotatable bonds is 6. The van der Waals surface area contributed by atoms with Gasteiger partial charge in [-0.1, -0.05) is 13.8 Å². The molecule has 0 unspecified atom stereocenters. The topological polar surface area (TPSA) is 129 Å². The van der Waals surface area contributed by atoms with Crippen molar-refractivity contribution < 1.29 is 27.3 Å². The van der Waals surface area contributed by atoms with Crippen LogP contribution in [0.3, 0.4) is 0 Å². The Morgan fingerprint density at radius 2 is 1.77 bits per heavy atom. The molecule has 9 nitrogen and oxygen atoms in total. The molecule has 0 aliphatic rings. The van der Waals surface area contributed by atoms with Crippen LogP contribution in [0.5, 0.6) is 0 Å². The standard InChI is InChI=1S/C21H24N2O7S/c1-12(2)19(20(24)30-21(3,4)5)22-31(27,28)14-7-8-15-16-10-13(23(25)26)6-9-17(16)29-18(15)11-14/h6-12,19,22H,1-5H3/t19-/m0/s1. The van der Waals surface area contributed by atoms with E-state index in [1.165, 1.54) is 36.4 Å². The number of ether oxygens (including phenoxy) is 1. The molecule has 0 saturated heterocycles. The van der Waals surface area contributed by atoms with Crippen LogP contribution in [0.1, 0.15) is 34.6 Å². The van der Waals surface area contributed by atoms with E-state index in [1.807, 2.05) is 0 Å². The summed E-state index contributed by atoms with van der Waals surface area (Å²) >= 11 is 0. The highest BCUT2D eigenvalue weighted by molar-refractivity contribution is 7.89. The number of esters is 1. The summed E-state index contributed by atoms with van der Waals surface area (Å²) in [5, 5.41) is 12.1. The highest BCUT2D eigenvalue weighted by atomic mass is 32.2. The van der Waals surface area contributed by atoms with Gasteiger partial charge in [-0.15, -0.1) is 0 Å². The van der Waals surface area contributed by atoms with E-state index in [0.717, 1.165) is 0 Å². The highest BCUT2D eigenvalue weighted by Crippen LogP contribution is 2.32.